The van der Waals surface area contributed by atoms with E-state index in [9.17, 15) is 4.79 Å². The van der Waals surface area contributed by atoms with E-state index in [0.29, 0.717) is 18.8 Å². The number of rotatable bonds is 4. The summed E-state index contributed by atoms with van der Waals surface area (Å²) in [6, 6.07) is 9.56. The van der Waals surface area contributed by atoms with Crippen LogP contribution in [-0.4, -0.2) is 35.5 Å². The van der Waals surface area contributed by atoms with Crippen molar-refractivity contribution in [2.75, 3.05) is 13.7 Å². The second kappa shape index (κ2) is 7.36. The average molecular weight is 352 g/mol. The van der Waals surface area contributed by atoms with E-state index in [2.05, 4.69) is 17.1 Å². The smallest absolute Gasteiger partial charge is 0.272 e. The third kappa shape index (κ3) is 3.39. The van der Waals surface area contributed by atoms with Crippen LogP contribution in [0.5, 0.6) is 11.5 Å². The fourth-order valence-corrected chi connectivity index (χ4v) is 3.83. The molecule has 0 bridgehead atoms. The van der Waals surface area contributed by atoms with Gasteiger partial charge >= 0.3 is 0 Å². The molecule has 0 spiro atoms. The van der Waals surface area contributed by atoms with E-state index in [-0.39, 0.29) is 12.0 Å². The van der Waals surface area contributed by atoms with Crippen LogP contribution in [0.25, 0.3) is 0 Å². The number of amides is 1. The lowest BCUT2D eigenvalue weighted by Gasteiger charge is -2.30. The molecule has 1 saturated carbocycles. The van der Waals surface area contributed by atoms with E-state index in [1.165, 1.54) is 18.4 Å². The SMILES string of the molecule is COc1cc2c(cc1OC1CCCC1)CN(C(=O)c1ccccn1)CC2. The number of benzene rings is 1. The average Bonchev–Trinajstić information content (AvgIpc) is 3.20. The van der Waals surface area contributed by atoms with Crippen molar-refractivity contribution in [1.82, 2.24) is 9.88 Å². The van der Waals surface area contributed by atoms with Gasteiger partial charge in [-0.1, -0.05) is 6.07 Å². The molecular formula is C21H24N2O3. The summed E-state index contributed by atoms with van der Waals surface area (Å²) < 4.78 is 11.8. The Labute approximate surface area is 153 Å². The van der Waals surface area contributed by atoms with Gasteiger partial charge in [-0.2, -0.15) is 0 Å². The standard InChI is InChI=1S/C21H24N2O3/c1-25-19-12-15-9-11-23(21(24)18-8-4-5-10-22-18)14-16(15)13-20(19)26-17-6-2-3-7-17/h4-5,8,10,12-13,17H,2-3,6-7,9,11,14H2,1H3. The molecule has 136 valence electrons. The number of hydrogen-bond donors (Lipinski definition) is 0. The molecule has 2 heterocycles. The van der Waals surface area contributed by atoms with Crippen molar-refractivity contribution in [3.05, 3.63) is 53.3 Å². The lowest BCUT2D eigenvalue weighted by atomic mass is 9.98. The van der Waals surface area contributed by atoms with E-state index < -0.39 is 0 Å². The number of carbonyl (C=O) groups excluding carboxylic acids is 1. The van der Waals surface area contributed by atoms with Crippen LogP contribution in [0.1, 0.15) is 47.3 Å². The second-order valence-electron chi connectivity index (χ2n) is 6.99. The summed E-state index contributed by atoms with van der Waals surface area (Å²) in [5.41, 5.74) is 2.85. The van der Waals surface area contributed by atoms with E-state index in [4.69, 9.17) is 9.47 Å². The largest absolute Gasteiger partial charge is 0.493 e. The Kier molecular flexibility index (Phi) is 4.78. The molecule has 1 aromatic heterocycles. The van der Waals surface area contributed by atoms with E-state index in [1.54, 1.807) is 19.4 Å². The van der Waals surface area contributed by atoms with Gasteiger partial charge in [-0.3, -0.25) is 9.78 Å². The number of fused-ring (bicyclic) bond motifs is 1. The number of ether oxygens (including phenoxy) is 2. The Morgan fingerprint density at radius 2 is 1.96 bits per heavy atom. The minimum atomic E-state index is -0.0228. The maximum atomic E-state index is 12.7. The van der Waals surface area contributed by atoms with Gasteiger partial charge < -0.3 is 14.4 Å². The Morgan fingerprint density at radius 1 is 1.15 bits per heavy atom. The minimum absolute atomic E-state index is 0.0228. The van der Waals surface area contributed by atoms with Gasteiger partial charge in [-0.25, -0.2) is 0 Å². The highest BCUT2D eigenvalue weighted by atomic mass is 16.5. The fraction of sp³-hybridized carbons (Fsp3) is 0.429. The first-order valence-electron chi connectivity index (χ1n) is 9.31. The molecule has 1 amide bonds. The fourth-order valence-electron chi connectivity index (χ4n) is 3.83. The highest BCUT2D eigenvalue weighted by molar-refractivity contribution is 5.92. The van der Waals surface area contributed by atoms with Crippen molar-refractivity contribution >= 4 is 5.91 Å². The molecule has 0 saturated heterocycles. The van der Waals surface area contributed by atoms with Gasteiger partial charge in [-0.05, 0) is 67.5 Å². The highest BCUT2D eigenvalue weighted by Crippen LogP contribution is 2.36. The zero-order chi connectivity index (χ0) is 17.9. The maximum Gasteiger partial charge on any atom is 0.272 e. The van der Waals surface area contributed by atoms with Crippen molar-refractivity contribution in [2.45, 2.75) is 44.8 Å². The molecule has 0 unspecified atom stereocenters. The van der Waals surface area contributed by atoms with Gasteiger partial charge in [0, 0.05) is 19.3 Å². The Bertz CT molecular complexity index is 785. The Hall–Kier alpha value is -2.56. The zero-order valence-corrected chi connectivity index (χ0v) is 15.1. The second-order valence-corrected chi connectivity index (χ2v) is 6.99. The predicted molar refractivity (Wildman–Crippen MR) is 98.6 cm³/mol. The maximum absolute atomic E-state index is 12.7. The summed E-state index contributed by atoms with van der Waals surface area (Å²) in [7, 11) is 1.68. The first-order chi connectivity index (χ1) is 12.7. The Balaban J connectivity index is 1.56. The van der Waals surface area contributed by atoms with Gasteiger partial charge in [0.1, 0.15) is 5.69 Å². The van der Waals surface area contributed by atoms with Crippen LogP contribution in [-0.2, 0) is 13.0 Å². The zero-order valence-electron chi connectivity index (χ0n) is 15.1. The lowest BCUT2D eigenvalue weighted by molar-refractivity contribution is 0.0728. The monoisotopic (exact) mass is 352 g/mol. The predicted octanol–water partition coefficient (Wildman–Crippen LogP) is 3.61. The molecule has 1 fully saturated rings. The molecule has 5 heteroatoms. The third-order valence-corrected chi connectivity index (χ3v) is 5.27. The summed E-state index contributed by atoms with van der Waals surface area (Å²) in [6.07, 6.45) is 7.40. The van der Waals surface area contributed by atoms with E-state index in [1.807, 2.05) is 17.0 Å². The Morgan fingerprint density at radius 3 is 2.69 bits per heavy atom. The lowest BCUT2D eigenvalue weighted by Crippen LogP contribution is -2.36. The number of methoxy groups -OCH3 is 1. The van der Waals surface area contributed by atoms with Gasteiger partial charge in [0.2, 0.25) is 0 Å². The molecule has 0 N–H and O–H groups in total. The van der Waals surface area contributed by atoms with Crippen molar-refractivity contribution < 1.29 is 14.3 Å². The summed E-state index contributed by atoms with van der Waals surface area (Å²) in [4.78, 5) is 18.7. The van der Waals surface area contributed by atoms with E-state index in [0.717, 1.165) is 36.3 Å². The molecule has 0 atom stereocenters. The minimum Gasteiger partial charge on any atom is -0.493 e. The molecule has 2 aliphatic rings. The van der Waals surface area contributed by atoms with E-state index >= 15 is 0 Å². The molecule has 1 aliphatic heterocycles. The van der Waals surface area contributed by atoms with Crippen LogP contribution in [0.4, 0.5) is 0 Å². The molecular weight excluding hydrogens is 328 g/mol. The molecule has 4 rings (SSSR count). The normalized spacial score (nSPS) is 17.0. The summed E-state index contributed by atoms with van der Waals surface area (Å²) >= 11 is 0. The number of aromatic nitrogens is 1. The van der Waals surface area contributed by atoms with Crippen molar-refractivity contribution in [1.29, 1.82) is 0 Å². The van der Waals surface area contributed by atoms with Crippen molar-refractivity contribution in [3.8, 4) is 11.5 Å². The molecule has 5 nitrogen and oxygen atoms in total. The quantitative estimate of drug-likeness (QED) is 0.843. The van der Waals surface area contributed by atoms with Crippen molar-refractivity contribution in [3.63, 3.8) is 0 Å². The number of nitrogens with zero attached hydrogens (tertiary/aromatic N) is 2. The van der Waals surface area contributed by atoms with Crippen LogP contribution in [0.2, 0.25) is 0 Å². The van der Waals surface area contributed by atoms with Gasteiger partial charge in [-0.15, -0.1) is 0 Å². The molecule has 2 aromatic rings. The molecule has 0 radical (unpaired) electrons. The van der Waals surface area contributed by atoms with Crippen LogP contribution < -0.4 is 9.47 Å². The first-order valence-corrected chi connectivity index (χ1v) is 9.31. The summed E-state index contributed by atoms with van der Waals surface area (Å²) in [5, 5.41) is 0. The molecule has 26 heavy (non-hydrogen) atoms. The first kappa shape index (κ1) is 16.9. The van der Waals surface area contributed by atoms with Crippen LogP contribution in [0.3, 0.4) is 0 Å². The van der Waals surface area contributed by atoms with Gasteiger partial charge in [0.15, 0.2) is 11.5 Å². The van der Waals surface area contributed by atoms with Crippen molar-refractivity contribution in [2.24, 2.45) is 0 Å². The molecule has 1 aliphatic carbocycles. The molecule has 1 aromatic carbocycles. The van der Waals surface area contributed by atoms with Gasteiger partial charge in [0.25, 0.3) is 5.91 Å². The van der Waals surface area contributed by atoms with Crippen LogP contribution >= 0.6 is 0 Å². The summed E-state index contributed by atoms with van der Waals surface area (Å²) in [6.45, 7) is 1.27. The topological polar surface area (TPSA) is 51.7 Å². The van der Waals surface area contributed by atoms with Gasteiger partial charge in [0.05, 0.1) is 13.2 Å². The highest BCUT2D eigenvalue weighted by Gasteiger charge is 2.25. The number of pyridine rings is 1. The van der Waals surface area contributed by atoms with Crippen LogP contribution in [0, 0.1) is 0 Å². The number of hydrogen-bond acceptors (Lipinski definition) is 4. The van der Waals surface area contributed by atoms with Crippen LogP contribution in [0.15, 0.2) is 36.5 Å². The number of carbonyl (C=O) groups is 1. The third-order valence-electron chi connectivity index (χ3n) is 5.27. The summed E-state index contributed by atoms with van der Waals surface area (Å²) in [5.74, 6) is 1.57.